The number of halogens is 1. The third-order valence-electron chi connectivity index (χ3n) is 4.70. The molecule has 0 aliphatic carbocycles. The van der Waals surface area contributed by atoms with Crippen molar-refractivity contribution in [2.75, 3.05) is 18.0 Å². The fraction of sp³-hybridized carbons (Fsp3) is 0.250. The molecule has 1 unspecified atom stereocenters. The molecule has 0 spiro atoms. The molecule has 1 amide bonds. The van der Waals surface area contributed by atoms with Crippen LogP contribution < -0.4 is 10.2 Å². The lowest BCUT2D eigenvalue weighted by molar-refractivity contribution is 0.0928. The Labute approximate surface area is 162 Å². The number of carbonyl (C=O) groups excluding carboxylic acids is 1. The van der Waals surface area contributed by atoms with E-state index in [2.05, 4.69) is 25.4 Å². The number of H-pyrrole nitrogens is 1. The van der Waals surface area contributed by atoms with E-state index in [-0.39, 0.29) is 11.9 Å². The number of hydrogen-bond donors (Lipinski definition) is 2. The quantitative estimate of drug-likeness (QED) is 0.725. The molecular formula is C20H20ClN5O. The highest BCUT2D eigenvalue weighted by Gasteiger charge is 2.24. The summed E-state index contributed by atoms with van der Waals surface area (Å²) in [6.45, 7) is 1.64. The summed E-state index contributed by atoms with van der Waals surface area (Å²) in [6.07, 6.45) is 3.57. The molecule has 27 heavy (non-hydrogen) atoms. The molecule has 138 valence electrons. The van der Waals surface area contributed by atoms with Crippen molar-refractivity contribution in [1.82, 2.24) is 20.5 Å². The van der Waals surface area contributed by atoms with Crippen molar-refractivity contribution in [3.63, 3.8) is 0 Å². The Morgan fingerprint density at radius 1 is 1.22 bits per heavy atom. The second kappa shape index (κ2) is 7.80. The molecule has 7 heteroatoms. The molecule has 4 rings (SSSR count). The number of carbonyl (C=O) groups is 1. The number of hydrogen-bond acceptors (Lipinski definition) is 4. The summed E-state index contributed by atoms with van der Waals surface area (Å²) < 4.78 is 0. The zero-order valence-corrected chi connectivity index (χ0v) is 15.5. The van der Waals surface area contributed by atoms with Gasteiger partial charge in [-0.05, 0) is 42.7 Å². The first kappa shape index (κ1) is 17.5. The molecule has 6 nitrogen and oxygen atoms in total. The van der Waals surface area contributed by atoms with Crippen LogP contribution in [0.3, 0.4) is 0 Å². The van der Waals surface area contributed by atoms with Gasteiger partial charge in [-0.15, -0.1) is 0 Å². The van der Waals surface area contributed by atoms with Gasteiger partial charge >= 0.3 is 0 Å². The summed E-state index contributed by atoms with van der Waals surface area (Å²) in [4.78, 5) is 18.7. The van der Waals surface area contributed by atoms with Crippen LogP contribution >= 0.6 is 11.6 Å². The molecule has 1 aromatic carbocycles. The predicted octanol–water partition coefficient (Wildman–Crippen LogP) is 3.52. The Morgan fingerprint density at radius 2 is 2.07 bits per heavy atom. The molecule has 1 saturated heterocycles. The average Bonchev–Trinajstić information content (AvgIpc) is 3.20. The Morgan fingerprint density at radius 3 is 2.85 bits per heavy atom. The van der Waals surface area contributed by atoms with E-state index in [0.29, 0.717) is 10.7 Å². The van der Waals surface area contributed by atoms with Crippen LogP contribution in [0.25, 0.3) is 11.3 Å². The van der Waals surface area contributed by atoms with Gasteiger partial charge in [0.1, 0.15) is 5.69 Å². The van der Waals surface area contributed by atoms with Crippen LogP contribution in [-0.4, -0.2) is 40.2 Å². The van der Waals surface area contributed by atoms with E-state index >= 15 is 0 Å². The number of benzene rings is 1. The van der Waals surface area contributed by atoms with Gasteiger partial charge < -0.3 is 10.2 Å². The molecule has 0 radical (unpaired) electrons. The largest absolute Gasteiger partial charge is 0.353 e. The molecular weight excluding hydrogens is 362 g/mol. The number of anilines is 1. The zero-order valence-electron chi connectivity index (χ0n) is 14.7. The normalized spacial score (nSPS) is 16.9. The van der Waals surface area contributed by atoms with Gasteiger partial charge in [-0.2, -0.15) is 5.10 Å². The first-order valence-electron chi connectivity index (χ1n) is 8.97. The first-order chi connectivity index (χ1) is 13.2. The Hall–Kier alpha value is -2.86. The van der Waals surface area contributed by atoms with E-state index in [1.807, 2.05) is 36.4 Å². The Bertz CT molecular complexity index is 910. The summed E-state index contributed by atoms with van der Waals surface area (Å²) in [5, 5.41) is 11.3. The third-order valence-corrected chi connectivity index (χ3v) is 4.95. The van der Waals surface area contributed by atoms with Gasteiger partial charge in [-0.25, -0.2) is 0 Å². The van der Waals surface area contributed by atoms with Gasteiger partial charge in [-0.3, -0.25) is 14.9 Å². The maximum Gasteiger partial charge on any atom is 0.270 e. The number of amides is 1. The molecule has 0 saturated carbocycles. The lowest BCUT2D eigenvalue weighted by atomic mass is 10.1. The van der Waals surface area contributed by atoms with Crippen molar-refractivity contribution in [3.8, 4) is 11.3 Å². The molecule has 2 aromatic heterocycles. The maximum absolute atomic E-state index is 12.3. The van der Waals surface area contributed by atoms with Crippen molar-refractivity contribution in [3.05, 3.63) is 65.4 Å². The highest BCUT2D eigenvalue weighted by molar-refractivity contribution is 6.30. The topological polar surface area (TPSA) is 73.9 Å². The minimum absolute atomic E-state index is 0.0731. The summed E-state index contributed by atoms with van der Waals surface area (Å²) >= 11 is 5.95. The van der Waals surface area contributed by atoms with E-state index in [9.17, 15) is 4.79 Å². The minimum atomic E-state index is -0.133. The number of aromatic amines is 1. The Balaban J connectivity index is 1.42. The van der Waals surface area contributed by atoms with Gasteiger partial charge in [0.05, 0.1) is 5.69 Å². The van der Waals surface area contributed by atoms with E-state index in [1.165, 1.54) is 0 Å². The third kappa shape index (κ3) is 4.11. The van der Waals surface area contributed by atoms with E-state index < -0.39 is 0 Å². The van der Waals surface area contributed by atoms with Gasteiger partial charge in [0.25, 0.3) is 5.91 Å². The van der Waals surface area contributed by atoms with Crippen molar-refractivity contribution >= 4 is 23.3 Å². The van der Waals surface area contributed by atoms with Crippen molar-refractivity contribution < 1.29 is 4.79 Å². The Kier molecular flexibility index (Phi) is 5.07. The number of nitrogens with zero attached hydrogens (tertiary/aromatic N) is 3. The molecule has 1 aliphatic rings. The highest BCUT2D eigenvalue weighted by atomic mass is 35.5. The molecule has 1 fully saturated rings. The van der Waals surface area contributed by atoms with Crippen LogP contribution in [0.1, 0.15) is 23.3 Å². The van der Waals surface area contributed by atoms with E-state index in [0.717, 1.165) is 43.0 Å². The van der Waals surface area contributed by atoms with Gasteiger partial charge in [0.15, 0.2) is 5.82 Å². The van der Waals surface area contributed by atoms with Crippen molar-refractivity contribution in [1.29, 1.82) is 0 Å². The average molecular weight is 382 g/mol. The van der Waals surface area contributed by atoms with Crippen LogP contribution in [0.5, 0.6) is 0 Å². The second-order valence-electron chi connectivity index (χ2n) is 6.62. The SMILES string of the molecule is O=C(NC1CCCN(c2cc(-c3ccc(Cl)cc3)[nH]n2)C1)c1ccccn1. The summed E-state index contributed by atoms with van der Waals surface area (Å²) in [5.74, 6) is 0.753. The van der Waals surface area contributed by atoms with Crippen molar-refractivity contribution in [2.45, 2.75) is 18.9 Å². The lowest BCUT2D eigenvalue weighted by Crippen LogP contribution is -2.48. The fourth-order valence-electron chi connectivity index (χ4n) is 3.31. The maximum atomic E-state index is 12.3. The van der Waals surface area contributed by atoms with E-state index in [4.69, 9.17) is 11.6 Å². The summed E-state index contributed by atoms with van der Waals surface area (Å²) in [5.41, 5.74) is 2.43. The molecule has 3 heterocycles. The van der Waals surface area contributed by atoms with E-state index in [1.54, 1.807) is 18.3 Å². The number of nitrogens with one attached hydrogen (secondary N) is 2. The monoisotopic (exact) mass is 381 g/mol. The highest BCUT2D eigenvalue weighted by Crippen LogP contribution is 2.25. The van der Waals surface area contributed by atoms with Crippen LogP contribution in [0.15, 0.2) is 54.7 Å². The molecule has 0 bridgehead atoms. The molecule has 2 N–H and O–H groups in total. The van der Waals surface area contributed by atoms with Crippen molar-refractivity contribution in [2.24, 2.45) is 0 Å². The van der Waals surface area contributed by atoms with Crippen LogP contribution in [-0.2, 0) is 0 Å². The lowest BCUT2D eigenvalue weighted by Gasteiger charge is -2.33. The molecule has 1 atom stereocenters. The number of aromatic nitrogens is 3. The smallest absolute Gasteiger partial charge is 0.270 e. The predicted molar refractivity (Wildman–Crippen MR) is 106 cm³/mol. The van der Waals surface area contributed by atoms with Crippen LogP contribution in [0.4, 0.5) is 5.82 Å². The number of piperidine rings is 1. The zero-order chi connectivity index (χ0) is 18.6. The van der Waals surface area contributed by atoms with Crippen LogP contribution in [0.2, 0.25) is 5.02 Å². The summed E-state index contributed by atoms with van der Waals surface area (Å²) in [7, 11) is 0. The first-order valence-corrected chi connectivity index (χ1v) is 9.35. The molecule has 3 aromatic rings. The van der Waals surface area contributed by atoms with Crippen LogP contribution in [0, 0.1) is 0 Å². The number of pyridine rings is 1. The number of rotatable bonds is 4. The fourth-order valence-corrected chi connectivity index (χ4v) is 3.44. The second-order valence-corrected chi connectivity index (χ2v) is 7.06. The molecule has 1 aliphatic heterocycles. The van der Waals surface area contributed by atoms with Gasteiger partial charge in [0, 0.05) is 36.4 Å². The van der Waals surface area contributed by atoms with Gasteiger partial charge in [-0.1, -0.05) is 29.8 Å². The minimum Gasteiger partial charge on any atom is -0.353 e. The summed E-state index contributed by atoms with van der Waals surface area (Å²) in [6, 6.07) is 15.1. The van der Waals surface area contributed by atoms with Gasteiger partial charge in [0.2, 0.25) is 0 Å². The standard InChI is InChI=1S/C20H20ClN5O/c21-15-8-6-14(7-9-15)18-12-19(25-24-18)26-11-3-4-16(13-26)23-20(27)17-5-1-2-10-22-17/h1-2,5-10,12,16H,3-4,11,13H2,(H,23,27)(H,24,25).